The van der Waals surface area contributed by atoms with E-state index in [1.54, 1.807) is 0 Å². The van der Waals surface area contributed by atoms with Gasteiger partial charge in [-0.05, 0) is 43.6 Å². The highest BCUT2D eigenvalue weighted by molar-refractivity contribution is 9.10. The Morgan fingerprint density at radius 2 is 2.26 bits per heavy atom. The van der Waals surface area contributed by atoms with Crippen molar-refractivity contribution >= 4 is 34.2 Å². The smallest absolute Gasteiger partial charge is 0.222 e. The van der Waals surface area contributed by atoms with Crippen molar-refractivity contribution in [1.82, 2.24) is 10.2 Å². The van der Waals surface area contributed by atoms with Crippen molar-refractivity contribution in [3.05, 3.63) is 33.8 Å². The first-order chi connectivity index (χ1) is 8.72. The fourth-order valence-electron chi connectivity index (χ4n) is 2.35. The molecule has 0 aromatic heterocycles. The molecule has 0 saturated heterocycles. The van der Waals surface area contributed by atoms with Gasteiger partial charge in [0, 0.05) is 24.0 Å². The summed E-state index contributed by atoms with van der Waals surface area (Å²) in [6.07, 6.45) is 2.51. The van der Waals surface area contributed by atoms with E-state index in [0.717, 1.165) is 32.5 Å². The van der Waals surface area contributed by atoms with Crippen molar-refractivity contribution in [2.75, 3.05) is 20.1 Å². The summed E-state index contributed by atoms with van der Waals surface area (Å²) in [5.74, 6) is 0.274. The van der Waals surface area contributed by atoms with Gasteiger partial charge in [-0.2, -0.15) is 0 Å². The van der Waals surface area contributed by atoms with E-state index in [4.69, 9.17) is 0 Å². The number of fused-ring (bicyclic) bond motifs is 1. The first kappa shape index (κ1) is 16.5. The van der Waals surface area contributed by atoms with Gasteiger partial charge in [-0.1, -0.05) is 28.1 Å². The van der Waals surface area contributed by atoms with Crippen LogP contribution in [0, 0.1) is 0 Å². The van der Waals surface area contributed by atoms with Crippen LogP contribution in [0.2, 0.25) is 0 Å². The maximum Gasteiger partial charge on any atom is 0.222 e. The zero-order valence-corrected chi connectivity index (χ0v) is 13.5. The molecule has 1 aliphatic heterocycles. The predicted octanol–water partition coefficient (Wildman–Crippen LogP) is 2.76. The highest BCUT2D eigenvalue weighted by Crippen LogP contribution is 2.26. The molecular weight excluding hydrogens is 328 g/mol. The molecule has 0 saturated carbocycles. The summed E-state index contributed by atoms with van der Waals surface area (Å²) in [7, 11) is 1.92. The Kier molecular flexibility index (Phi) is 6.83. The van der Waals surface area contributed by atoms with Gasteiger partial charge in [-0.3, -0.25) is 4.79 Å². The summed E-state index contributed by atoms with van der Waals surface area (Å²) < 4.78 is 1.17. The van der Waals surface area contributed by atoms with Gasteiger partial charge in [0.05, 0.1) is 0 Å². The average molecular weight is 348 g/mol. The van der Waals surface area contributed by atoms with E-state index in [9.17, 15) is 4.79 Å². The highest BCUT2D eigenvalue weighted by Gasteiger charge is 2.21. The number of nitrogens with one attached hydrogen (secondary N) is 1. The molecule has 3 nitrogen and oxygen atoms in total. The fourth-order valence-corrected chi connectivity index (χ4v) is 2.96. The van der Waals surface area contributed by atoms with Crippen LogP contribution in [0.15, 0.2) is 22.7 Å². The number of halogens is 2. The van der Waals surface area contributed by atoms with Gasteiger partial charge in [0.2, 0.25) is 5.91 Å². The second-order valence-corrected chi connectivity index (χ2v) is 5.50. The van der Waals surface area contributed by atoms with Crippen LogP contribution in [0.25, 0.3) is 0 Å². The molecule has 0 aliphatic carbocycles. The van der Waals surface area contributed by atoms with Gasteiger partial charge in [0.1, 0.15) is 0 Å². The average Bonchev–Trinajstić information content (AvgIpc) is 2.39. The van der Waals surface area contributed by atoms with Crippen molar-refractivity contribution in [3.8, 4) is 0 Å². The van der Waals surface area contributed by atoms with E-state index in [1.165, 1.54) is 15.6 Å². The van der Waals surface area contributed by atoms with Crippen LogP contribution in [-0.2, 0) is 17.8 Å². The molecule has 0 bridgehead atoms. The van der Waals surface area contributed by atoms with Crippen molar-refractivity contribution in [1.29, 1.82) is 0 Å². The maximum atomic E-state index is 12.1. The van der Waals surface area contributed by atoms with E-state index in [2.05, 4.69) is 33.4 Å². The lowest BCUT2D eigenvalue weighted by Crippen LogP contribution is -2.36. The van der Waals surface area contributed by atoms with Crippen molar-refractivity contribution in [2.45, 2.75) is 25.8 Å². The monoisotopic (exact) mass is 346 g/mol. The summed E-state index contributed by atoms with van der Waals surface area (Å²) in [5, 5.41) is 3.07. The van der Waals surface area contributed by atoms with Crippen LogP contribution >= 0.6 is 28.3 Å². The van der Waals surface area contributed by atoms with Crippen molar-refractivity contribution < 1.29 is 4.79 Å². The molecule has 1 aromatic carbocycles. The number of nitrogens with zero attached hydrogens (tertiary/aromatic N) is 1. The summed E-state index contributed by atoms with van der Waals surface area (Å²) in [6, 6.07) is 6.23. The molecule has 0 unspecified atom stereocenters. The first-order valence-corrected chi connectivity index (χ1v) is 7.20. The van der Waals surface area contributed by atoms with E-state index >= 15 is 0 Å². The summed E-state index contributed by atoms with van der Waals surface area (Å²) >= 11 is 3.58. The standard InChI is InChI=1S/C14H19BrN2O.ClH/c1-16-8-3-6-14(18)17-9-7-12-11(10-17)4-2-5-13(12)15;/h2,4-5,16H,3,6-10H2,1H3;1H. The Balaban J connectivity index is 0.00000180. The molecule has 19 heavy (non-hydrogen) atoms. The van der Waals surface area contributed by atoms with Gasteiger partial charge in [-0.25, -0.2) is 0 Å². The Labute approximate surface area is 129 Å². The molecule has 1 N–H and O–H groups in total. The Bertz CT molecular complexity index is 439. The molecule has 106 valence electrons. The molecular formula is C14H20BrClN2O. The van der Waals surface area contributed by atoms with E-state index in [0.29, 0.717) is 6.42 Å². The lowest BCUT2D eigenvalue weighted by Gasteiger charge is -2.29. The topological polar surface area (TPSA) is 32.3 Å². The van der Waals surface area contributed by atoms with Crippen LogP contribution in [0.4, 0.5) is 0 Å². The van der Waals surface area contributed by atoms with Crippen LogP contribution < -0.4 is 5.32 Å². The quantitative estimate of drug-likeness (QED) is 0.850. The Morgan fingerprint density at radius 1 is 1.47 bits per heavy atom. The second kappa shape index (κ2) is 7.88. The zero-order valence-electron chi connectivity index (χ0n) is 11.1. The normalized spacial score (nSPS) is 13.7. The van der Waals surface area contributed by atoms with Gasteiger partial charge in [-0.15, -0.1) is 12.4 Å². The lowest BCUT2D eigenvalue weighted by atomic mass is 9.99. The summed E-state index contributed by atoms with van der Waals surface area (Å²) in [6.45, 7) is 2.50. The molecule has 0 spiro atoms. The number of amides is 1. The first-order valence-electron chi connectivity index (χ1n) is 6.41. The van der Waals surface area contributed by atoms with Gasteiger partial charge < -0.3 is 10.2 Å². The molecule has 0 fully saturated rings. The molecule has 1 heterocycles. The third-order valence-corrected chi connectivity index (χ3v) is 4.12. The highest BCUT2D eigenvalue weighted by atomic mass is 79.9. The predicted molar refractivity (Wildman–Crippen MR) is 83.7 cm³/mol. The molecule has 1 aliphatic rings. The van der Waals surface area contributed by atoms with Crippen LogP contribution in [0.1, 0.15) is 24.0 Å². The summed E-state index contributed by atoms with van der Waals surface area (Å²) in [4.78, 5) is 14.0. The van der Waals surface area contributed by atoms with Gasteiger partial charge >= 0.3 is 0 Å². The molecule has 5 heteroatoms. The van der Waals surface area contributed by atoms with E-state index in [1.807, 2.05) is 18.0 Å². The third-order valence-electron chi connectivity index (χ3n) is 3.38. The van der Waals surface area contributed by atoms with Crippen molar-refractivity contribution in [2.24, 2.45) is 0 Å². The molecule has 0 atom stereocenters. The molecule has 0 radical (unpaired) electrons. The zero-order chi connectivity index (χ0) is 13.0. The number of carbonyl (C=O) groups excluding carboxylic acids is 1. The number of hydrogen-bond acceptors (Lipinski definition) is 2. The largest absolute Gasteiger partial charge is 0.338 e. The van der Waals surface area contributed by atoms with E-state index < -0.39 is 0 Å². The Hall–Kier alpha value is -0.580. The number of hydrogen-bond donors (Lipinski definition) is 1. The molecule has 1 aromatic rings. The van der Waals surface area contributed by atoms with Crippen LogP contribution in [-0.4, -0.2) is 30.9 Å². The minimum atomic E-state index is 0. The van der Waals surface area contributed by atoms with Gasteiger partial charge in [0.15, 0.2) is 0 Å². The third kappa shape index (κ3) is 4.20. The fraction of sp³-hybridized carbons (Fsp3) is 0.500. The number of rotatable bonds is 4. The lowest BCUT2D eigenvalue weighted by molar-refractivity contribution is -0.132. The number of benzene rings is 1. The second-order valence-electron chi connectivity index (χ2n) is 4.65. The van der Waals surface area contributed by atoms with Crippen LogP contribution in [0.3, 0.4) is 0 Å². The molecule has 2 rings (SSSR count). The minimum Gasteiger partial charge on any atom is -0.338 e. The van der Waals surface area contributed by atoms with Crippen molar-refractivity contribution in [3.63, 3.8) is 0 Å². The van der Waals surface area contributed by atoms with E-state index in [-0.39, 0.29) is 18.3 Å². The maximum absolute atomic E-state index is 12.1. The van der Waals surface area contributed by atoms with Gasteiger partial charge in [0.25, 0.3) is 0 Å². The number of carbonyl (C=O) groups is 1. The minimum absolute atomic E-state index is 0. The Morgan fingerprint density at radius 3 is 3.00 bits per heavy atom. The molecule has 1 amide bonds. The SMILES string of the molecule is CNCCCC(=O)N1CCc2c(Br)cccc2C1.Cl. The van der Waals surface area contributed by atoms with Crippen LogP contribution in [0.5, 0.6) is 0 Å². The summed E-state index contributed by atoms with van der Waals surface area (Å²) in [5.41, 5.74) is 2.63.